The fourth-order valence-corrected chi connectivity index (χ4v) is 8.87. The third kappa shape index (κ3) is 8.27. The lowest BCUT2D eigenvalue weighted by Gasteiger charge is -2.29. The van der Waals surface area contributed by atoms with E-state index in [2.05, 4.69) is 29.5 Å². The summed E-state index contributed by atoms with van der Waals surface area (Å²) in [6, 6.07) is 15.9. The number of hydrogen-bond donors (Lipinski definition) is 1. The molecule has 0 saturated heterocycles. The van der Waals surface area contributed by atoms with E-state index < -0.39 is 15.9 Å². The van der Waals surface area contributed by atoms with Gasteiger partial charge < -0.3 is 14.7 Å². The first kappa shape index (κ1) is 40.7. The SMILES string of the molecule is CC=Cc1cc2c(cc1S(=O)(=O)NC(=O)c1ccc(-n3nc(C(=O)N(CCCC)CCCC)c(Cl)c3C)c(C(=O)N3CCc4ccccc4C3)c1)N(CC)CC2. The number of carbonyl (C=O) groups excluding carboxylic acids is 3. The molecule has 0 bridgehead atoms. The van der Waals surface area contributed by atoms with E-state index in [1.807, 2.05) is 38.1 Å². The Morgan fingerprint density at radius 2 is 1.61 bits per heavy atom. The summed E-state index contributed by atoms with van der Waals surface area (Å²) in [5.74, 6) is -1.54. The molecule has 4 aromatic rings. The minimum Gasteiger partial charge on any atom is -0.371 e. The van der Waals surface area contributed by atoms with Crippen LogP contribution in [0.15, 0.2) is 65.6 Å². The number of sulfonamides is 1. The van der Waals surface area contributed by atoms with E-state index in [4.69, 9.17) is 16.7 Å². The van der Waals surface area contributed by atoms with Crippen LogP contribution < -0.4 is 9.62 Å². The summed E-state index contributed by atoms with van der Waals surface area (Å²) >= 11 is 6.84. The van der Waals surface area contributed by atoms with Crippen molar-refractivity contribution < 1.29 is 22.8 Å². The van der Waals surface area contributed by atoms with Crippen LogP contribution in [0.5, 0.6) is 0 Å². The predicted molar refractivity (Wildman–Crippen MR) is 221 cm³/mol. The number of nitrogens with one attached hydrogen (secondary N) is 1. The summed E-state index contributed by atoms with van der Waals surface area (Å²) in [5.41, 5.74) is 5.50. The lowest BCUT2D eigenvalue weighted by atomic mass is 9.98. The number of allylic oxidation sites excluding steroid dienone is 1. The van der Waals surface area contributed by atoms with Crippen molar-refractivity contribution in [2.24, 2.45) is 0 Å². The first-order valence-corrected chi connectivity index (χ1v) is 21.4. The molecule has 0 aliphatic carbocycles. The lowest BCUT2D eigenvalue weighted by molar-refractivity contribution is 0.0732. The molecule has 0 unspecified atom stereocenters. The Hall–Kier alpha value is -4.94. The number of unbranched alkanes of at least 4 members (excludes halogenated alkanes) is 2. The zero-order valence-electron chi connectivity index (χ0n) is 32.9. The molecule has 1 N–H and O–H groups in total. The average molecular weight is 799 g/mol. The molecule has 3 heterocycles. The van der Waals surface area contributed by atoms with Crippen molar-refractivity contribution in [1.29, 1.82) is 0 Å². The Morgan fingerprint density at radius 1 is 0.911 bits per heavy atom. The molecule has 2 aliphatic rings. The van der Waals surface area contributed by atoms with Crippen LogP contribution in [0, 0.1) is 6.92 Å². The monoisotopic (exact) mass is 798 g/mol. The van der Waals surface area contributed by atoms with Gasteiger partial charge >= 0.3 is 0 Å². The number of amides is 3. The van der Waals surface area contributed by atoms with Gasteiger partial charge in [0.05, 0.1) is 26.9 Å². The Morgan fingerprint density at radius 3 is 2.29 bits per heavy atom. The van der Waals surface area contributed by atoms with Crippen molar-refractivity contribution in [2.45, 2.75) is 84.6 Å². The molecule has 0 fully saturated rings. The number of halogens is 1. The lowest BCUT2D eigenvalue weighted by Crippen LogP contribution is -2.37. The molecule has 6 rings (SSSR count). The number of rotatable bonds is 14. The van der Waals surface area contributed by atoms with E-state index >= 15 is 0 Å². The quantitative estimate of drug-likeness (QED) is 0.139. The molecule has 0 atom stereocenters. The number of anilines is 1. The molecule has 296 valence electrons. The molecule has 3 aromatic carbocycles. The first-order chi connectivity index (χ1) is 26.9. The fraction of sp³-hybridized carbons (Fsp3) is 0.395. The average Bonchev–Trinajstić information content (AvgIpc) is 3.75. The summed E-state index contributed by atoms with van der Waals surface area (Å²) in [4.78, 5) is 48.0. The van der Waals surface area contributed by atoms with Gasteiger partial charge in [0.25, 0.3) is 27.7 Å². The van der Waals surface area contributed by atoms with Gasteiger partial charge in [0, 0.05) is 50.5 Å². The zero-order chi connectivity index (χ0) is 40.1. The van der Waals surface area contributed by atoms with Gasteiger partial charge in [0.1, 0.15) is 0 Å². The van der Waals surface area contributed by atoms with Crippen molar-refractivity contribution >= 4 is 51.1 Å². The molecule has 0 radical (unpaired) electrons. The van der Waals surface area contributed by atoms with Crippen LogP contribution in [-0.2, 0) is 29.4 Å². The molecule has 2 aliphatic heterocycles. The van der Waals surface area contributed by atoms with Gasteiger partial charge in [-0.25, -0.2) is 17.8 Å². The normalized spacial score (nSPS) is 13.9. The van der Waals surface area contributed by atoms with Gasteiger partial charge in [-0.1, -0.05) is 74.7 Å². The summed E-state index contributed by atoms with van der Waals surface area (Å²) in [6.45, 7) is 13.1. The highest BCUT2D eigenvalue weighted by atomic mass is 35.5. The van der Waals surface area contributed by atoms with Gasteiger partial charge in [-0.15, -0.1) is 0 Å². The molecular weight excluding hydrogens is 748 g/mol. The number of nitrogens with zero attached hydrogens (tertiary/aromatic N) is 5. The zero-order valence-corrected chi connectivity index (χ0v) is 34.5. The van der Waals surface area contributed by atoms with E-state index in [0.29, 0.717) is 49.5 Å². The van der Waals surface area contributed by atoms with Crippen molar-refractivity contribution in [1.82, 2.24) is 24.3 Å². The van der Waals surface area contributed by atoms with Crippen LogP contribution in [0.25, 0.3) is 11.8 Å². The molecule has 13 heteroatoms. The van der Waals surface area contributed by atoms with E-state index in [0.717, 1.165) is 67.6 Å². The Bertz CT molecular complexity index is 2280. The van der Waals surface area contributed by atoms with Crippen LogP contribution >= 0.6 is 11.6 Å². The van der Waals surface area contributed by atoms with Gasteiger partial charge in [0.15, 0.2) is 5.69 Å². The molecule has 56 heavy (non-hydrogen) atoms. The van der Waals surface area contributed by atoms with E-state index in [-0.39, 0.29) is 38.6 Å². The van der Waals surface area contributed by atoms with Crippen LogP contribution in [0.4, 0.5) is 5.69 Å². The molecule has 3 amide bonds. The molecule has 11 nitrogen and oxygen atoms in total. The summed E-state index contributed by atoms with van der Waals surface area (Å²) < 4.78 is 31.7. The number of likely N-dealkylation sites (N-methyl/N-ethyl adjacent to an activating group) is 1. The Balaban J connectivity index is 1.39. The van der Waals surface area contributed by atoms with Gasteiger partial charge in [-0.05, 0) is 99.0 Å². The number of benzene rings is 3. The maximum atomic E-state index is 14.6. The smallest absolute Gasteiger partial charge is 0.275 e. The van der Waals surface area contributed by atoms with E-state index in [1.165, 1.54) is 16.8 Å². The first-order valence-electron chi connectivity index (χ1n) is 19.6. The second kappa shape index (κ2) is 17.5. The van der Waals surface area contributed by atoms with Crippen molar-refractivity contribution in [3.05, 3.63) is 110 Å². The van der Waals surface area contributed by atoms with Crippen LogP contribution in [0.3, 0.4) is 0 Å². The molecule has 1 aromatic heterocycles. The molecular formula is C43H51ClN6O5S. The topological polar surface area (TPSA) is 125 Å². The second-order valence-electron chi connectivity index (χ2n) is 14.4. The summed E-state index contributed by atoms with van der Waals surface area (Å²) in [7, 11) is -4.35. The van der Waals surface area contributed by atoms with Gasteiger partial charge in [0.2, 0.25) is 0 Å². The third-order valence-corrected chi connectivity index (χ3v) is 12.5. The minimum absolute atomic E-state index is 0.00567. The van der Waals surface area contributed by atoms with Crippen LogP contribution in [-0.4, -0.2) is 78.4 Å². The highest BCUT2D eigenvalue weighted by Gasteiger charge is 2.31. The van der Waals surface area contributed by atoms with Crippen molar-refractivity contribution in [3.8, 4) is 5.69 Å². The standard InChI is InChI=1S/C43H51ClN6O5S/c1-6-10-21-48(22-11-7-2)43(53)40-39(44)29(5)50(45-40)36-18-17-33(26-35(36)42(52)49-24-19-30-15-12-13-16-34(30)28-49)41(51)46-56(54,55)38-27-37-31(20-23-47(37)9-4)25-32(38)14-8-3/h8,12-18,25-27H,6-7,9-11,19-24,28H2,1-5H3,(H,46,51). The largest absolute Gasteiger partial charge is 0.371 e. The maximum absolute atomic E-state index is 14.6. The number of aromatic nitrogens is 2. The predicted octanol–water partition coefficient (Wildman–Crippen LogP) is 7.61. The molecule has 0 saturated carbocycles. The Labute approximate surface area is 335 Å². The van der Waals surface area contributed by atoms with Crippen LogP contribution in [0.2, 0.25) is 5.02 Å². The maximum Gasteiger partial charge on any atom is 0.275 e. The second-order valence-corrected chi connectivity index (χ2v) is 16.4. The minimum atomic E-state index is -4.35. The number of fused-ring (bicyclic) bond motifs is 2. The van der Waals surface area contributed by atoms with Crippen LogP contribution in [0.1, 0.15) is 113 Å². The van der Waals surface area contributed by atoms with Crippen molar-refractivity contribution in [2.75, 3.05) is 37.6 Å². The van der Waals surface area contributed by atoms with Gasteiger partial charge in [-0.3, -0.25) is 14.4 Å². The fourth-order valence-electron chi connectivity index (χ4n) is 7.50. The third-order valence-electron chi connectivity index (χ3n) is 10.7. The van der Waals surface area contributed by atoms with E-state index in [1.54, 1.807) is 41.0 Å². The Kier molecular flexibility index (Phi) is 12.7. The molecule has 0 spiro atoms. The number of carbonyl (C=O) groups is 3. The van der Waals surface area contributed by atoms with Crippen molar-refractivity contribution in [3.63, 3.8) is 0 Å². The number of hydrogen-bond acceptors (Lipinski definition) is 7. The van der Waals surface area contributed by atoms with Gasteiger partial charge in [-0.2, -0.15) is 5.10 Å². The summed E-state index contributed by atoms with van der Waals surface area (Å²) in [5, 5.41) is 4.88. The highest BCUT2D eigenvalue weighted by molar-refractivity contribution is 7.90. The highest BCUT2D eigenvalue weighted by Crippen LogP contribution is 2.34. The van der Waals surface area contributed by atoms with E-state index in [9.17, 15) is 22.8 Å². The summed E-state index contributed by atoms with van der Waals surface area (Å²) in [6.07, 6.45) is 8.46.